The van der Waals surface area contributed by atoms with E-state index in [1.54, 1.807) is 11.8 Å². The molecule has 5 heteroatoms. The van der Waals surface area contributed by atoms with Crippen molar-refractivity contribution >= 4 is 27.7 Å². The van der Waals surface area contributed by atoms with E-state index in [9.17, 15) is 9.59 Å². The van der Waals surface area contributed by atoms with Crippen LogP contribution in [0.15, 0.2) is 28.7 Å². The van der Waals surface area contributed by atoms with E-state index in [1.807, 2.05) is 31.2 Å². The van der Waals surface area contributed by atoms with Crippen molar-refractivity contribution in [2.75, 3.05) is 19.6 Å². The number of rotatable bonds is 7. The summed E-state index contributed by atoms with van der Waals surface area (Å²) < 4.78 is 0.966. The van der Waals surface area contributed by atoms with E-state index >= 15 is 0 Å². The largest absolute Gasteiger partial charge is 0.354 e. The first-order valence-corrected chi connectivity index (χ1v) is 7.59. The minimum absolute atomic E-state index is 0.0249. The Morgan fingerprint density at radius 2 is 2.05 bits per heavy atom. The zero-order valence-electron chi connectivity index (χ0n) is 12.0. The molecule has 2 amide bonds. The molecule has 0 aliphatic carbocycles. The first kappa shape index (κ1) is 16.7. The zero-order valence-corrected chi connectivity index (χ0v) is 13.6. The van der Waals surface area contributed by atoms with Gasteiger partial charge in [-0.3, -0.25) is 9.59 Å². The average molecular weight is 341 g/mol. The molecule has 0 saturated carbocycles. The third-order valence-corrected chi connectivity index (χ3v) is 3.39. The van der Waals surface area contributed by atoms with Gasteiger partial charge in [0.05, 0.1) is 6.42 Å². The van der Waals surface area contributed by atoms with Crippen LogP contribution in [0.2, 0.25) is 0 Å². The number of nitrogens with zero attached hydrogens (tertiary/aromatic N) is 1. The third kappa shape index (κ3) is 6.19. The van der Waals surface area contributed by atoms with Crippen LogP contribution in [0, 0.1) is 0 Å². The van der Waals surface area contributed by atoms with Crippen LogP contribution in [0.4, 0.5) is 0 Å². The van der Waals surface area contributed by atoms with Gasteiger partial charge in [-0.25, -0.2) is 0 Å². The fraction of sp³-hybridized carbons (Fsp3) is 0.467. The summed E-state index contributed by atoms with van der Waals surface area (Å²) >= 11 is 3.38. The molecule has 0 spiro atoms. The minimum atomic E-state index is -0.0249. The zero-order chi connectivity index (χ0) is 15.0. The van der Waals surface area contributed by atoms with Crippen LogP contribution < -0.4 is 5.32 Å². The topological polar surface area (TPSA) is 49.4 Å². The Morgan fingerprint density at radius 1 is 1.30 bits per heavy atom. The Labute approximate surface area is 128 Å². The van der Waals surface area contributed by atoms with Gasteiger partial charge < -0.3 is 10.2 Å². The van der Waals surface area contributed by atoms with Gasteiger partial charge in [0, 0.05) is 31.0 Å². The third-order valence-electron chi connectivity index (χ3n) is 2.90. The maximum atomic E-state index is 11.8. The van der Waals surface area contributed by atoms with Crippen LogP contribution >= 0.6 is 15.9 Å². The predicted octanol–water partition coefficient (Wildman–Crippen LogP) is 2.37. The molecule has 0 aromatic heterocycles. The number of carbonyl (C=O) groups is 2. The highest BCUT2D eigenvalue weighted by atomic mass is 79.9. The second kappa shape index (κ2) is 8.74. The maximum Gasteiger partial charge on any atom is 0.224 e. The predicted molar refractivity (Wildman–Crippen MR) is 83.4 cm³/mol. The lowest BCUT2D eigenvalue weighted by atomic mass is 10.1. The molecule has 0 bridgehead atoms. The Kier molecular flexibility index (Phi) is 7.30. The van der Waals surface area contributed by atoms with Gasteiger partial charge in [-0.05, 0) is 24.1 Å². The Balaban J connectivity index is 2.34. The van der Waals surface area contributed by atoms with E-state index in [-0.39, 0.29) is 11.8 Å². The summed E-state index contributed by atoms with van der Waals surface area (Å²) in [4.78, 5) is 24.9. The van der Waals surface area contributed by atoms with Crippen LogP contribution in [0.3, 0.4) is 0 Å². The van der Waals surface area contributed by atoms with E-state index in [0.29, 0.717) is 19.5 Å². The fourth-order valence-corrected chi connectivity index (χ4v) is 2.37. The lowest BCUT2D eigenvalue weighted by molar-refractivity contribution is -0.129. The van der Waals surface area contributed by atoms with Crippen molar-refractivity contribution in [1.82, 2.24) is 10.2 Å². The molecule has 0 aliphatic rings. The van der Waals surface area contributed by atoms with Crippen molar-refractivity contribution in [3.63, 3.8) is 0 Å². The molecular weight excluding hydrogens is 320 g/mol. The van der Waals surface area contributed by atoms with Crippen LogP contribution in [-0.4, -0.2) is 36.3 Å². The summed E-state index contributed by atoms with van der Waals surface area (Å²) in [6.07, 6.45) is 1.28. The van der Waals surface area contributed by atoms with Gasteiger partial charge in [-0.2, -0.15) is 0 Å². The van der Waals surface area contributed by atoms with Crippen molar-refractivity contribution in [1.29, 1.82) is 0 Å². The molecule has 0 unspecified atom stereocenters. The van der Waals surface area contributed by atoms with Gasteiger partial charge in [-0.15, -0.1) is 0 Å². The highest BCUT2D eigenvalue weighted by molar-refractivity contribution is 9.10. The monoisotopic (exact) mass is 340 g/mol. The lowest BCUT2D eigenvalue weighted by Gasteiger charge is -2.20. The maximum absolute atomic E-state index is 11.8. The normalized spacial score (nSPS) is 10.2. The molecule has 0 aliphatic heterocycles. The van der Waals surface area contributed by atoms with Gasteiger partial charge in [0.2, 0.25) is 11.8 Å². The van der Waals surface area contributed by atoms with E-state index in [0.717, 1.165) is 23.0 Å². The van der Waals surface area contributed by atoms with Crippen LogP contribution in [-0.2, 0) is 16.0 Å². The molecule has 0 heterocycles. The molecular formula is C15H21BrN2O2. The second-order valence-electron chi connectivity index (χ2n) is 4.66. The van der Waals surface area contributed by atoms with Crippen molar-refractivity contribution in [3.05, 3.63) is 34.3 Å². The molecule has 1 N–H and O–H groups in total. The lowest BCUT2D eigenvalue weighted by Crippen LogP contribution is -2.38. The molecule has 1 aromatic carbocycles. The molecule has 0 saturated heterocycles. The summed E-state index contributed by atoms with van der Waals surface area (Å²) in [6.45, 7) is 5.37. The molecule has 4 nitrogen and oxygen atoms in total. The first-order chi connectivity index (χ1) is 9.52. The summed E-state index contributed by atoms with van der Waals surface area (Å²) in [5.41, 5.74) is 0.967. The number of halogens is 1. The molecule has 110 valence electrons. The molecule has 1 rings (SSSR count). The van der Waals surface area contributed by atoms with Crippen molar-refractivity contribution in [3.8, 4) is 0 Å². The van der Waals surface area contributed by atoms with Crippen molar-refractivity contribution < 1.29 is 9.59 Å². The smallest absolute Gasteiger partial charge is 0.224 e. The Morgan fingerprint density at radius 3 is 2.65 bits per heavy atom. The molecule has 0 atom stereocenters. The second-order valence-corrected chi connectivity index (χ2v) is 5.58. The number of carbonyl (C=O) groups excluding carboxylic acids is 2. The van der Waals surface area contributed by atoms with Crippen LogP contribution in [0.5, 0.6) is 0 Å². The molecule has 0 fully saturated rings. The summed E-state index contributed by atoms with van der Waals surface area (Å²) in [6, 6.07) is 7.68. The van der Waals surface area contributed by atoms with Gasteiger partial charge in [0.15, 0.2) is 0 Å². The average Bonchev–Trinajstić information content (AvgIpc) is 2.37. The van der Waals surface area contributed by atoms with E-state index < -0.39 is 0 Å². The summed E-state index contributed by atoms with van der Waals surface area (Å²) in [7, 11) is 0. The number of amides is 2. The number of hydrogen-bond donors (Lipinski definition) is 1. The van der Waals surface area contributed by atoms with Crippen molar-refractivity contribution in [2.24, 2.45) is 0 Å². The summed E-state index contributed by atoms with van der Waals surface area (Å²) in [5, 5.41) is 2.85. The first-order valence-electron chi connectivity index (χ1n) is 6.79. The summed E-state index contributed by atoms with van der Waals surface area (Å²) in [5.74, 6) is 0.0242. The standard InChI is InChI=1S/C15H21BrN2O2/c1-3-8-18(12(2)19)9-7-17-15(20)11-13-5-4-6-14(16)10-13/h4-6,10H,3,7-9,11H2,1-2H3,(H,17,20). The fourth-order valence-electron chi connectivity index (χ4n) is 1.92. The number of hydrogen-bond acceptors (Lipinski definition) is 2. The van der Waals surface area contributed by atoms with Gasteiger partial charge >= 0.3 is 0 Å². The highest BCUT2D eigenvalue weighted by Crippen LogP contribution is 2.11. The van der Waals surface area contributed by atoms with E-state index in [2.05, 4.69) is 21.2 Å². The Hall–Kier alpha value is -1.36. The highest BCUT2D eigenvalue weighted by Gasteiger charge is 2.08. The van der Waals surface area contributed by atoms with Crippen LogP contribution in [0.1, 0.15) is 25.8 Å². The minimum Gasteiger partial charge on any atom is -0.354 e. The Bertz CT molecular complexity index is 463. The molecule has 20 heavy (non-hydrogen) atoms. The number of benzene rings is 1. The molecule has 0 radical (unpaired) electrons. The van der Waals surface area contributed by atoms with Crippen molar-refractivity contribution in [2.45, 2.75) is 26.7 Å². The quantitative estimate of drug-likeness (QED) is 0.828. The van der Waals surface area contributed by atoms with E-state index in [4.69, 9.17) is 0 Å². The van der Waals surface area contributed by atoms with E-state index in [1.165, 1.54) is 0 Å². The van der Waals surface area contributed by atoms with Gasteiger partial charge in [0.25, 0.3) is 0 Å². The van der Waals surface area contributed by atoms with Crippen LogP contribution in [0.25, 0.3) is 0 Å². The van der Waals surface area contributed by atoms with Gasteiger partial charge in [-0.1, -0.05) is 35.0 Å². The SMILES string of the molecule is CCCN(CCNC(=O)Cc1cccc(Br)c1)C(C)=O. The van der Waals surface area contributed by atoms with Gasteiger partial charge in [0.1, 0.15) is 0 Å². The molecule has 1 aromatic rings. The number of nitrogens with one attached hydrogen (secondary N) is 1.